The highest BCUT2D eigenvalue weighted by Gasteiger charge is 2.31. The van der Waals surface area contributed by atoms with E-state index in [0.29, 0.717) is 25.9 Å². The quantitative estimate of drug-likeness (QED) is 0.900. The first-order valence-electron chi connectivity index (χ1n) is 6.19. The van der Waals surface area contributed by atoms with E-state index < -0.39 is 27.0 Å². The highest BCUT2D eigenvalue weighted by Crippen LogP contribution is 2.30. The van der Waals surface area contributed by atoms with Gasteiger partial charge in [0.1, 0.15) is 0 Å². The molecule has 0 spiro atoms. The van der Waals surface area contributed by atoms with E-state index in [9.17, 15) is 21.6 Å². The van der Waals surface area contributed by atoms with Crippen molar-refractivity contribution in [3.8, 4) is 0 Å². The average Bonchev–Trinajstić information content (AvgIpc) is 2.39. The average molecular weight is 308 g/mol. The third kappa shape index (κ3) is 3.63. The Hall–Kier alpha value is -1.28. The molecule has 0 amide bonds. The molecule has 1 aliphatic heterocycles. The molecule has 112 valence electrons. The number of sulfonamides is 1. The zero-order chi connectivity index (χ0) is 14.8. The molecule has 1 aromatic carbocycles. The van der Waals surface area contributed by atoms with Crippen LogP contribution in [0.25, 0.3) is 0 Å². The van der Waals surface area contributed by atoms with Crippen molar-refractivity contribution >= 4 is 15.7 Å². The van der Waals surface area contributed by atoms with Crippen LogP contribution in [-0.4, -0.2) is 26.8 Å². The van der Waals surface area contributed by atoms with E-state index in [1.165, 1.54) is 0 Å². The fourth-order valence-corrected chi connectivity index (χ4v) is 3.57. The maximum atomic E-state index is 12.4. The van der Waals surface area contributed by atoms with Crippen LogP contribution in [0.2, 0.25) is 0 Å². The summed E-state index contributed by atoms with van der Waals surface area (Å²) in [6.07, 6.45) is -3.43. The molecule has 1 saturated heterocycles. The summed E-state index contributed by atoms with van der Waals surface area (Å²) in [6, 6.07) is 3.98. The van der Waals surface area contributed by atoms with Gasteiger partial charge in [-0.25, -0.2) is 8.42 Å². The number of nitrogens with one attached hydrogen (secondary N) is 2. The topological polar surface area (TPSA) is 58.2 Å². The predicted octanol–water partition coefficient (Wildman–Crippen LogP) is 2.20. The van der Waals surface area contributed by atoms with Gasteiger partial charge in [-0.15, -0.1) is 0 Å². The molecular formula is C12H15F3N2O2S. The first-order chi connectivity index (χ1) is 9.29. The van der Waals surface area contributed by atoms with E-state index in [-0.39, 0.29) is 5.69 Å². The second kappa shape index (κ2) is 5.61. The minimum atomic E-state index is -4.42. The minimum absolute atomic E-state index is 0.150. The lowest BCUT2D eigenvalue weighted by molar-refractivity contribution is -0.137. The Bertz CT molecular complexity index is 549. The highest BCUT2D eigenvalue weighted by molar-refractivity contribution is 7.93. The van der Waals surface area contributed by atoms with E-state index in [2.05, 4.69) is 10.0 Å². The molecule has 1 aliphatic rings. The van der Waals surface area contributed by atoms with E-state index >= 15 is 0 Å². The van der Waals surface area contributed by atoms with Crippen molar-refractivity contribution < 1.29 is 21.6 Å². The first-order valence-corrected chi connectivity index (χ1v) is 7.73. The third-order valence-corrected chi connectivity index (χ3v) is 5.07. The summed E-state index contributed by atoms with van der Waals surface area (Å²) in [7, 11) is -3.56. The monoisotopic (exact) mass is 308 g/mol. The van der Waals surface area contributed by atoms with Gasteiger partial charge >= 0.3 is 6.18 Å². The lowest BCUT2D eigenvalue weighted by atomic mass is 10.2. The molecule has 0 bridgehead atoms. The zero-order valence-electron chi connectivity index (χ0n) is 10.6. The van der Waals surface area contributed by atoms with Gasteiger partial charge in [0.15, 0.2) is 0 Å². The van der Waals surface area contributed by atoms with Crippen molar-refractivity contribution in [2.45, 2.75) is 24.3 Å². The molecule has 4 nitrogen and oxygen atoms in total. The predicted molar refractivity (Wildman–Crippen MR) is 69.9 cm³/mol. The molecule has 1 heterocycles. The van der Waals surface area contributed by atoms with Crippen molar-refractivity contribution in [1.29, 1.82) is 0 Å². The molecule has 20 heavy (non-hydrogen) atoms. The largest absolute Gasteiger partial charge is 0.416 e. The molecule has 0 aromatic heterocycles. The highest BCUT2D eigenvalue weighted by atomic mass is 32.2. The third-order valence-electron chi connectivity index (χ3n) is 3.20. The molecule has 0 radical (unpaired) electrons. The van der Waals surface area contributed by atoms with Crippen molar-refractivity contribution in [2.24, 2.45) is 0 Å². The van der Waals surface area contributed by atoms with Crippen LogP contribution in [0, 0.1) is 0 Å². The maximum absolute atomic E-state index is 12.4. The molecule has 1 fully saturated rings. The van der Waals surface area contributed by atoms with Crippen LogP contribution >= 0.6 is 0 Å². The summed E-state index contributed by atoms with van der Waals surface area (Å²) in [6.45, 7) is 1.25. The van der Waals surface area contributed by atoms with E-state index in [4.69, 9.17) is 0 Å². The van der Waals surface area contributed by atoms with Gasteiger partial charge in [0.05, 0.1) is 10.8 Å². The van der Waals surface area contributed by atoms with Crippen molar-refractivity contribution in [3.63, 3.8) is 0 Å². The minimum Gasteiger partial charge on any atom is -0.317 e. The van der Waals surface area contributed by atoms with Crippen molar-refractivity contribution in [1.82, 2.24) is 5.32 Å². The molecule has 2 rings (SSSR count). The van der Waals surface area contributed by atoms with E-state index in [1.54, 1.807) is 0 Å². The Kier molecular flexibility index (Phi) is 4.24. The second-order valence-corrected chi connectivity index (χ2v) is 6.63. The summed E-state index contributed by atoms with van der Waals surface area (Å²) in [4.78, 5) is 0. The smallest absolute Gasteiger partial charge is 0.317 e. The van der Waals surface area contributed by atoms with E-state index in [0.717, 1.165) is 24.3 Å². The van der Waals surface area contributed by atoms with Crippen molar-refractivity contribution in [2.75, 3.05) is 17.8 Å². The first kappa shape index (κ1) is 15.1. The van der Waals surface area contributed by atoms with Crippen LogP contribution in [0.5, 0.6) is 0 Å². The summed E-state index contributed by atoms with van der Waals surface area (Å²) in [5, 5.41) is 2.55. The Labute approximate surface area is 115 Å². The molecule has 0 aliphatic carbocycles. The Morgan fingerprint density at radius 3 is 2.15 bits per heavy atom. The molecule has 0 unspecified atom stereocenters. The maximum Gasteiger partial charge on any atom is 0.416 e. The van der Waals surface area contributed by atoms with Crippen LogP contribution in [0.4, 0.5) is 18.9 Å². The number of rotatable bonds is 3. The summed E-state index contributed by atoms with van der Waals surface area (Å²) >= 11 is 0. The SMILES string of the molecule is O=S(=O)(Nc1ccc(C(F)(F)F)cc1)C1CCNCC1. The zero-order valence-corrected chi connectivity index (χ0v) is 11.4. The summed E-state index contributed by atoms with van der Waals surface area (Å²) < 4.78 is 63.7. The van der Waals surface area contributed by atoms with Gasteiger partial charge in [-0.1, -0.05) is 0 Å². The number of halogens is 3. The Balaban J connectivity index is 2.09. The normalized spacial score (nSPS) is 17.9. The van der Waals surface area contributed by atoms with E-state index in [1.807, 2.05) is 0 Å². The Morgan fingerprint density at radius 2 is 1.65 bits per heavy atom. The lowest BCUT2D eigenvalue weighted by Gasteiger charge is -2.23. The standard InChI is InChI=1S/C12H15F3N2O2S/c13-12(14,15)9-1-3-10(4-2-9)17-20(18,19)11-5-7-16-8-6-11/h1-4,11,16-17H,5-8H2. The van der Waals surface area contributed by atoms with Gasteiger partial charge in [0.25, 0.3) is 0 Å². The van der Waals surface area contributed by atoms with Crippen LogP contribution < -0.4 is 10.0 Å². The number of piperidine rings is 1. The van der Waals surface area contributed by atoms with Crippen LogP contribution in [0.3, 0.4) is 0 Å². The molecule has 8 heteroatoms. The van der Waals surface area contributed by atoms with Gasteiger partial charge in [0, 0.05) is 5.69 Å². The number of alkyl halides is 3. The van der Waals surface area contributed by atoms with Crippen LogP contribution in [0.1, 0.15) is 18.4 Å². The molecule has 0 atom stereocenters. The number of hydrogen-bond donors (Lipinski definition) is 2. The second-order valence-electron chi connectivity index (χ2n) is 4.67. The molecule has 0 saturated carbocycles. The van der Waals surface area contributed by atoms with Gasteiger partial charge in [-0.2, -0.15) is 13.2 Å². The number of hydrogen-bond acceptors (Lipinski definition) is 3. The molecule has 1 aromatic rings. The lowest BCUT2D eigenvalue weighted by Crippen LogP contribution is -2.38. The number of benzene rings is 1. The molecule has 2 N–H and O–H groups in total. The molecular weight excluding hydrogens is 293 g/mol. The fraction of sp³-hybridized carbons (Fsp3) is 0.500. The number of anilines is 1. The van der Waals surface area contributed by atoms with Gasteiger partial charge < -0.3 is 5.32 Å². The van der Waals surface area contributed by atoms with Crippen LogP contribution in [-0.2, 0) is 16.2 Å². The fourth-order valence-electron chi connectivity index (χ4n) is 2.08. The van der Waals surface area contributed by atoms with Gasteiger partial charge in [-0.05, 0) is 50.2 Å². The van der Waals surface area contributed by atoms with Gasteiger partial charge in [0.2, 0.25) is 10.0 Å². The van der Waals surface area contributed by atoms with Crippen molar-refractivity contribution in [3.05, 3.63) is 29.8 Å². The van der Waals surface area contributed by atoms with Gasteiger partial charge in [-0.3, -0.25) is 4.72 Å². The Morgan fingerprint density at radius 1 is 1.10 bits per heavy atom. The summed E-state index contributed by atoms with van der Waals surface area (Å²) in [5.41, 5.74) is -0.654. The summed E-state index contributed by atoms with van der Waals surface area (Å²) in [5.74, 6) is 0. The van der Waals surface area contributed by atoms with Crippen LogP contribution in [0.15, 0.2) is 24.3 Å².